The van der Waals surface area contributed by atoms with E-state index < -0.39 is 5.97 Å². The predicted molar refractivity (Wildman–Crippen MR) is 45.2 cm³/mol. The predicted octanol–water partition coefficient (Wildman–Crippen LogP) is 0.669. The number of nitrogens with zero attached hydrogens (tertiary/aromatic N) is 2. The third-order valence-electron chi connectivity index (χ3n) is 1.19. The van der Waals surface area contributed by atoms with Crippen LogP contribution >= 0.6 is 0 Å². The molecule has 0 bridgehead atoms. The van der Waals surface area contributed by atoms with Gasteiger partial charge in [0.05, 0.1) is 0 Å². The zero-order valence-electron chi connectivity index (χ0n) is 6.75. The van der Waals surface area contributed by atoms with Gasteiger partial charge in [0.25, 0.3) is 0 Å². The molecular weight excluding hydrogens is 172 g/mol. The second-order valence-corrected chi connectivity index (χ2v) is 2.21. The van der Waals surface area contributed by atoms with Gasteiger partial charge in [-0.05, 0) is 6.07 Å². The van der Waals surface area contributed by atoms with Crippen LogP contribution in [0.3, 0.4) is 0 Å². The average Bonchev–Trinajstić information content (AvgIpc) is 2.14. The summed E-state index contributed by atoms with van der Waals surface area (Å²) in [6.45, 7) is 0.220. The fraction of sp³-hybridized carbons (Fsp3) is 0.125. The molecule has 0 saturated heterocycles. The van der Waals surface area contributed by atoms with Crippen LogP contribution in [-0.2, 0) is 16.2 Å². The quantitative estimate of drug-likeness (QED) is 0.546. The number of carboxylic acid groups (broad SMARTS) is 1. The maximum Gasteiger partial charge on any atom is 0.350 e. The molecule has 0 fully saturated rings. The summed E-state index contributed by atoms with van der Waals surface area (Å²) in [6.07, 6.45) is 3.96. The molecule has 1 heterocycles. The molecule has 5 nitrogen and oxygen atoms in total. The first-order chi connectivity index (χ1) is 6.29. The molecule has 0 atom stereocenters. The molecule has 1 N–H and O–H groups in total. The molecule has 0 aromatic carbocycles. The first kappa shape index (κ1) is 9.18. The van der Waals surface area contributed by atoms with E-state index in [0.717, 1.165) is 5.56 Å². The number of oxime groups is 1. The first-order valence-electron chi connectivity index (χ1n) is 3.56. The fourth-order valence-electron chi connectivity index (χ4n) is 0.678. The van der Waals surface area contributed by atoms with E-state index in [-0.39, 0.29) is 6.61 Å². The van der Waals surface area contributed by atoms with Crippen molar-refractivity contribution in [2.45, 2.75) is 6.61 Å². The van der Waals surface area contributed by atoms with Crippen molar-refractivity contribution in [3.05, 3.63) is 30.1 Å². The largest absolute Gasteiger partial charge is 0.477 e. The molecular formula is C8H8N2O3. The van der Waals surface area contributed by atoms with Gasteiger partial charge in [-0.2, -0.15) is 0 Å². The molecule has 0 radical (unpaired) electrons. The molecule has 68 valence electrons. The van der Waals surface area contributed by atoms with Crippen LogP contribution in [0, 0.1) is 0 Å². The van der Waals surface area contributed by atoms with Gasteiger partial charge < -0.3 is 9.94 Å². The van der Waals surface area contributed by atoms with Crippen LogP contribution in [0.1, 0.15) is 5.56 Å². The van der Waals surface area contributed by atoms with Gasteiger partial charge in [-0.15, -0.1) is 0 Å². The highest BCUT2D eigenvalue weighted by atomic mass is 16.6. The van der Waals surface area contributed by atoms with Gasteiger partial charge in [0.15, 0.2) is 6.21 Å². The van der Waals surface area contributed by atoms with Crippen molar-refractivity contribution in [2.24, 2.45) is 5.16 Å². The number of aliphatic carboxylic acids is 1. The zero-order chi connectivity index (χ0) is 9.52. The molecule has 0 amide bonds. The Labute approximate surface area is 74.7 Å². The van der Waals surface area contributed by atoms with E-state index in [1.165, 1.54) is 0 Å². The number of rotatable bonds is 4. The van der Waals surface area contributed by atoms with Crippen molar-refractivity contribution < 1.29 is 14.7 Å². The van der Waals surface area contributed by atoms with Crippen LogP contribution in [0.25, 0.3) is 0 Å². The maximum absolute atomic E-state index is 9.97. The lowest BCUT2D eigenvalue weighted by Crippen LogP contribution is -1.96. The summed E-state index contributed by atoms with van der Waals surface area (Å²) in [5, 5.41) is 11.4. The van der Waals surface area contributed by atoms with Gasteiger partial charge >= 0.3 is 5.97 Å². The summed E-state index contributed by atoms with van der Waals surface area (Å²) in [4.78, 5) is 18.5. The molecule has 1 aromatic rings. The Morgan fingerprint density at radius 3 is 3.23 bits per heavy atom. The topological polar surface area (TPSA) is 71.8 Å². The number of aromatic nitrogens is 1. The Hall–Kier alpha value is -1.91. The number of pyridine rings is 1. The second kappa shape index (κ2) is 4.87. The average molecular weight is 180 g/mol. The smallest absolute Gasteiger partial charge is 0.350 e. The van der Waals surface area contributed by atoms with Crippen molar-refractivity contribution in [3.63, 3.8) is 0 Å². The van der Waals surface area contributed by atoms with E-state index in [2.05, 4.69) is 15.0 Å². The second-order valence-electron chi connectivity index (χ2n) is 2.21. The van der Waals surface area contributed by atoms with Gasteiger partial charge in [0, 0.05) is 18.0 Å². The van der Waals surface area contributed by atoms with E-state index >= 15 is 0 Å². The van der Waals surface area contributed by atoms with Crippen LogP contribution < -0.4 is 0 Å². The Morgan fingerprint density at radius 2 is 2.62 bits per heavy atom. The van der Waals surface area contributed by atoms with E-state index in [9.17, 15) is 4.79 Å². The molecule has 0 spiro atoms. The summed E-state index contributed by atoms with van der Waals surface area (Å²) in [6, 6.07) is 3.57. The van der Waals surface area contributed by atoms with Gasteiger partial charge in [0.1, 0.15) is 6.61 Å². The molecule has 0 unspecified atom stereocenters. The summed E-state index contributed by atoms with van der Waals surface area (Å²) in [5.41, 5.74) is 0.838. The third-order valence-corrected chi connectivity index (χ3v) is 1.19. The van der Waals surface area contributed by atoms with Crippen LogP contribution in [0.2, 0.25) is 0 Å². The molecule has 0 aliphatic rings. The number of hydrogen-bond acceptors (Lipinski definition) is 4. The lowest BCUT2D eigenvalue weighted by Gasteiger charge is -1.96. The fourth-order valence-corrected chi connectivity index (χ4v) is 0.678. The number of hydrogen-bond donors (Lipinski definition) is 1. The molecule has 0 aliphatic carbocycles. The molecule has 1 aromatic heterocycles. The van der Waals surface area contributed by atoms with Crippen LogP contribution in [0.4, 0.5) is 0 Å². The summed E-state index contributed by atoms with van der Waals surface area (Å²) in [7, 11) is 0. The first-order valence-corrected chi connectivity index (χ1v) is 3.56. The Morgan fingerprint density at radius 1 is 1.77 bits per heavy atom. The molecule has 0 aliphatic heterocycles. The van der Waals surface area contributed by atoms with Gasteiger partial charge in [-0.1, -0.05) is 11.2 Å². The van der Waals surface area contributed by atoms with E-state index in [4.69, 9.17) is 5.11 Å². The molecule has 5 heteroatoms. The van der Waals surface area contributed by atoms with Gasteiger partial charge in [-0.3, -0.25) is 4.98 Å². The van der Waals surface area contributed by atoms with Crippen molar-refractivity contribution in [1.82, 2.24) is 4.98 Å². The summed E-state index contributed by atoms with van der Waals surface area (Å²) in [5.74, 6) is -1.13. The van der Waals surface area contributed by atoms with E-state index in [0.29, 0.717) is 6.21 Å². The Bertz CT molecular complexity index is 298. The minimum absolute atomic E-state index is 0.220. The summed E-state index contributed by atoms with van der Waals surface area (Å²) < 4.78 is 0. The standard InChI is InChI=1S/C8H8N2O3/c11-8(12)5-10-13-6-7-2-1-3-9-4-7/h1-5H,6H2,(H,11,12). The van der Waals surface area contributed by atoms with Crippen LogP contribution in [0.15, 0.2) is 29.7 Å². The third kappa shape index (κ3) is 3.85. The van der Waals surface area contributed by atoms with Crippen molar-refractivity contribution >= 4 is 12.2 Å². The number of carbonyl (C=O) groups is 1. The summed E-state index contributed by atoms with van der Waals surface area (Å²) >= 11 is 0. The van der Waals surface area contributed by atoms with Crippen molar-refractivity contribution in [2.75, 3.05) is 0 Å². The highest BCUT2D eigenvalue weighted by Gasteiger charge is 1.91. The van der Waals surface area contributed by atoms with Crippen LogP contribution in [-0.4, -0.2) is 22.3 Å². The monoisotopic (exact) mass is 180 g/mol. The lowest BCUT2D eigenvalue weighted by molar-refractivity contribution is -0.129. The zero-order valence-corrected chi connectivity index (χ0v) is 6.75. The lowest BCUT2D eigenvalue weighted by atomic mass is 10.3. The molecule has 13 heavy (non-hydrogen) atoms. The van der Waals surface area contributed by atoms with Crippen LogP contribution in [0.5, 0.6) is 0 Å². The van der Waals surface area contributed by atoms with E-state index in [1.54, 1.807) is 18.5 Å². The highest BCUT2D eigenvalue weighted by molar-refractivity contribution is 6.21. The van der Waals surface area contributed by atoms with Gasteiger partial charge in [0.2, 0.25) is 0 Å². The Balaban J connectivity index is 2.32. The Kier molecular flexibility index (Phi) is 3.44. The highest BCUT2D eigenvalue weighted by Crippen LogP contribution is 1.97. The SMILES string of the molecule is O=C(O)C=NOCc1cccnc1. The molecule has 0 saturated carbocycles. The van der Waals surface area contributed by atoms with Crippen molar-refractivity contribution in [3.8, 4) is 0 Å². The minimum Gasteiger partial charge on any atom is -0.477 e. The molecule has 1 rings (SSSR count). The normalized spacial score (nSPS) is 10.2. The van der Waals surface area contributed by atoms with E-state index in [1.807, 2.05) is 6.07 Å². The number of carboxylic acids is 1. The minimum atomic E-state index is -1.13. The van der Waals surface area contributed by atoms with Crippen molar-refractivity contribution in [1.29, 1.82) is 0 Å². The maximum atomic E-state index is 9.97. The van der Waals surface area contributed by atoms with Gasteiger partial charge in [-0.25, -0.2) is 4.79 Å².